The summed E-state index contributed by atoms with van der Waals surface area (Å²) in [6, 6.07) is 2.74. The first-order valence-corrected chi connectivity index (χ1v) is 5.05. The van der Waals surface area contributed by atoms with E-state index in [1.807, 2.05) is 5.32 Å². The molecule has 2 aromatic carbocycles. The highest BCUT2D eigenvalue weighted by Crippen LogP contribution is 2.30. The SMILES string of the molecule is Nc1ccc(F)c(F)c1Nc1cc(F)cc(F)c1F. The van der Waals surface area contributed by atoms with Crippen molar-refractivity contribution in [2.45, 2.75) is 0 Å². The second-order valence-corrected chi connectivity index (χ2v) is 3.70. The number of nitrogen functional groups attached to an aromatic ring is 1. The van der Waals surface area contributed by atoms with Gasteiger partial charge < -0.3 is 11.1 Å². The van der Waals surface area contributed by atoms with E-state index < -0.39 is 40.5 Å². The minimum atomic E-state index is -1.46. The number of rotatable bonds is 2. The van der Waals surface area contributed by atoms with Gasteiger partial charge in [-0.15, -0.1) is 0 Å². The number of hydrogen-bond donors (Lipinski definition) is 2. The van der Waals surface area contributed by atoms with Gasteiger partial charge in [0.25, 0.3) is 0 Å². The Bertz CT molecular complexity index is 643. The van der Waals surface area contributed by atoms with Crippen molar-refractivity contribution in [1.82, 2.24) is 0 Å². The van der Waals surface area contributed by atoms with E-state index >= 15 is 0 Å². The lowest BCUT2D eigenvalue weighted by Crippen LogP contribution is -2.04. The summed E-state index contributed by atoms with van der Waals surface area (Å²) < 4.78 is 65.7. The van der Waals surface area contributed by atoms with E-state index in [9.17, 15) is 22.0 Å². The van der Waals surface area contributed by atoms with Crippen molar-refractivity contribution >= 4 is 17.1 Å². The molecule has 0 fully saturated rings. The lowest BCUT2D eigenvalue weighted by atomic mass is 10.2. The number of benzene rings is 2. The summed E-state index contributed by atoms with van der Waals surface area (Å²) in [5, 5.41) is 2.04. The molecule has 0 bridgehead atoms. The van der Waals surface area contributed by atoms with Crippen LogP contribution in [0.2, 0.25) is 0 Å². The number of nitrogens with two attached hydrogens (primary N) is 1. The van der Waals surface area contributed by atoms with Crippen LogP contribution in [0.15, 0.2) is 24.3 Å². The molecule has 2 rings (SSSR count). The Morgan fingerprint density at radius 1 is 0.842 bits per heavy atom. The normalized spacial score (nSPS) is 10.6. The van der Waals surface area contributed by atoms with E-state index in [-0.39, 0.29) is 5.69 Å². The highest BCUT2D eigenvalue weighted by atomic mass is 19.2. The van der Waals surface area contributed by atoms with Crippen molar-refractivity contribution in [3.63, 3.8) is 0 Å². The smallest absolute Gasteiger partial charge is 0.184 e. The van der Waals surface area contributed by atoms with Gasteiger partial charge in [-0.05, 0) is 12.1 Å². The fourth-order valence-electron chi connectivity index (χ4n) is 1.47. The van der Waals surface area contributed by atoms with Gasteiger partial charge in [0.2, 0.25) is 0 Å². The van der Waals surface area contributed by atoms with E-state index in [2.05, 4.69) is 0 Å². The van der Waals surface area contributed by atoms with Gasteiger partial charge in [0.05, 0.1) is 11.4 Å². The number of nitrogens with one attached hydrogen (secondary N) is 1. The summed E-state index contributed by atoms with van der Waals surface area (Å²) in [7, 11) is 0. The fourth-order valence-corrected chi connectivity index (χ4v) is 1.47. The summed E-state index contributed by atoms with van der Waals surface area (Å²) in [5.41, 5.74) is 3.87. The summed E-state index contributed by atoms with van der Waals surface area (Å²) in [6.45, 7) is 0. The summed E-state index contributed by atoms with van der Waals surface area (Å²) in [4.78, 5) is 0. The predicted molar refractivity (Wildman–Crippen MR) is 60.4 cm³/mol. The van der Waals surface area contributed by atoms with Gasteiger partial charge in [-0.25, -0.2) is 22.0 Å². The quantitative estimate of drug-likeness (QED) is 0.497. The second kappa shape index (κ2) is 4.75. The van der Waals surface area contributed by atoms with Crippen LogP contribution in [0.1, 0.15) is 0 Å². The number of halogens is 5. The Morgan fingerprint density at radius 2 is 1.53 bits per heavy atom. The molecular formula is C12H7F5N2. The molecule has 0 amide bonds. The van der Waals surface area contributed by atoms with Crippen molar-refractivity contribution < 1.29 is 22.0 Å². The average Bonchev–Trinajstić information content (AvgIpc) is 2.35. The Hall–Kier alpha value is -2.31. The van der Waals surface area contributed by atoms with E-state index in [4.69, 9.17) is 5.73 Å². The van der Waals surface area contributed by atoms with Gasteiger partial charge in [-0.1, -0.05) is 0 Å². The standard InChI is InChI=1S/C12H7F5N2/c13-5-3-7(15)10(16)9(4-5)19-12-8(18)2-1-6(14)11(12)17/h1-4,19H,18H2. The molecule has 0 aliphatic heterocycles. The highest BCUT2D eigenvalue weighted by Gasteiger charge is 2.16. The molecule has 0 unspecified atom stereocenters. The molecule has 0 saturated carbocycles. The molecule has 0 atom stereocenters. The van der Waals surface area contributed by atoms with E-state index in [1.54, 1.807) is 0 Å². The molecule has 19 heavy (non-hydrogen) atoms. The van der Waals surface area contributed by atoms with Crippen LogP contribution in [-0.2, 0) is 0 Å². The largest absolute Gasteiger partial charge is 0.397 e. The predicted octanol–water partition coefficient (Wildman–Crippen LogP) is 3.71. The Morgan fingerprint density at radius 3 is 2.21 bits per heavy atom. The molecule has 7 heteroatoms. The lowest BCUT2D eigenvalue weighted by molar-refractivity contribution is 0.497. The van der Waals surface area contributed by atoms with Gasteiger partial charge in [0.1, 0.15) is 11.5 Å². The first-order chi connectivity index (χ1) is 8.90. The Balaban J connectivity index is 2.51. The van der Waals surface area contributed by atoms with Crippen molar-refractivity contribution in [2.75, 3.05) is 11.1 Å². The van der Waals surface area contributed by atoms with Crippen molar-refractivity contribution in [3.05, 3.63) is 53.4 Å². The van der Waals surface area contributed by atoms with Crippen LogP contribution in [0, 0.1) is 29.1 Å². The van der Waals surface area contributed by atoms with Crippen LogP contribution in [0.5, 0.6) is 0 Å². The number of anilines is 3. The van der Waals surface area contributed by atoms with Crippen molar-refractivity contribution in [3.8, 4) is 0 Å². The van der Waals surface area contributed by atoms with Crippen LogP contribution < -0.4 is 11.1 Å². The van der Waals surface area contributed by atoms with Crippen molar-refractivity contribution in [2.24, 2.45) is 0 Å². The molecule has 100 valence electrons. The molecule has 0 saturated heterocycles. The Kier molecular flexibility index (Phi) is 3.28. The second-order valence-electron chi connectivity index (χ2n) is 3.70. The molecule has 0 spiro atoms. The third kappa shape index (κ3) is 2.44. The van der Waals surface area contributed by atoms with E-state index in [0.29, 0.717) is 12.1 Å². The third-order valence-corrected chi connectivity index (χ3v) is 2.38. The van der Waals surface area contributed by atoms with Gasteiger partial charge >= 0.3 is 0 Å². The van der Waals surface area contributed by atoms with E-state index in [1.165, 1.54) is 0 Å². The van der Waals surface area contributed by atoms with Gasteiger partial charge in [0, 0.05) is 12.1 Å². The molecule has 0 radical (unpaired) electrons. The van der Waals surface area contributed by atoms with Crippen LogP contribution in [0.25, 0.3) is 0 Å². The minimum absolute atomic E-state index is 0.233. The molecule has 0 aromatic heterocycles. The maximum absolute atomic E-state index is 13.5. The van der Waals surface area contributed by atoms with Gasteiger partial charge in [-0.3, -0.25) is 0 Å². The summed E-state index contributed by atoms with van der Waals surface area (Å²) in [5.74, 6) is -6.56. The summed E-state index contributed by atoms with van der Waals surface area (Å²) >= 11 is 0. The van der Waals surface area contributed by atoms with Crippen LogP contribution in [0.3, 0.4) is 0 Å². The maximum atomic E-state index is 13.5. The Labute approximate surface area is 104 Å². The molecular weight excluding hydrogens is 267 g/mol. The molecule has 3 N–H and O–H groups in total. The first-order valence-electron chi connectivity index (χ1n) is 5.05. The highest BCUT2D eigenvalue weighted by molar-refractivity contribution is 5.73. The maximum Gasteiger partial charge on any atom is 0.184 e. The monoisotopic (exact) mass is 274 g/mol. The average molecular weight is 274 g/mol. The van der Waals surface area contributed by atoms with Gasteiger partial charge in [-0.2, -0.15) is 0 Å². The molecule has 2 nitrogen and oxygen atoms in total. The third-order valence-electron chi connectivity index (χ3n) is 2.38. The van der Waals surface area contributed by atoms with Crippen LogP contribution in [-0.4, -0.2) is 0 Å². The topological polar surface area (TPSA) is 38.0 Å². The first kappa shape index (κ1) is 13.1. The molecule has 0 heterocycles. The van der Waals surface area contributed by atoms with Crippen molar-refractivity contribution in [1.29, 1.82) is 0 Å². The zero-order valence-corrected chi connectivity index (χ0v) is 9.28. The van der Waals surface area contributed by atoms with Crippen LogP contribution in [0.4, 0.5) is 39.0 Å². The summed E-state index contributed by atoms with van der Waals surface area (Å²) in [6.07, 6.45) is 0. The zero-order valence-electron chi connectivity index (χ0n) is 9.28. The molecule has 0 aliphatic carbocycles. The van der Waals surface area contributed by atoms with E-state index in [0.717, 1.165) is 12.1 Å². The van der Waals surface area contributed by atoms with Crippen LogP contribution >= 0.6 is 0 Å². The fraction of sp³-hybridized carbons (Fsp3) is 0. The molecule has 2 aromatic rings. The molecule has 0 aliphatic rings. The minimum Gasteiger partial charge on any atom is -0.397 e. The lowest BCUT2D eigenvalue weighted by Gasteiger charge is -2.12. The van der Waals surface area contributed by atoms with Gasteiger partial charge in [0.15, 0.2) is 23.3 Å². The zero-order chi connectivity index (χ0) is 14.2. The number of hydrogen-bond acceptors (Lipinski definition) is 2.